The zero-order valence-electron chi connectivity index (χ0n) is 23.5. The Balaban J connectivity index is 1.40. The summed E-state index contributed by atoms with van der Waals surface area (Å²) in [6.07, 6.45) is 1.68. The molecule has 0 radical (unpaired) electrons. The van der Waals surface area contributed by atoms with Crippen molar-refractivity contribution in [2.75, 3.05) is 69.7 Å². The Bertz CT molecular complexity index is 1370. The summed E-state index contributed by atoms with van der Waals surface area (Å²) in [6, 6.07) is 21.9. The molecule has 3 amide bonds. The molecule has 9 heteroatoms. The van der Waals surface area contributed by atoms with E-state index in [-0.39, 0.29) is 17.7 Å². The molecule has 2 N–H and O–H groups in total. The highest BCUT2D eigenvalue weighted by molar-refractivity contribution is 6.07. The Labute approximate surface area is 241 Å². The molecule has 2 aliphatic rings. The molecule has 3 aromatic rings. The van der Waals surface area contributed by atoms with Crippen molar-refractivity contribution in [1.82, 2.24) is 15.1 Å². The maximum atomic E-state index is 13.5. The van der Waals surface area contributed by atoms with Gasteiger partial charge < -0.3 is 30.1 Å². The highest BCUT2D eigenvalue weighted by Gasteiger charge is 2.24. The molecule has 0 atom stereocenters. The molecule has 3 aromatic carbocycles. The van der Waals surface area contributed by atoms with Gasteiger partial charge in [0.25, 0.3) is 17.7 Å². The summed E-state index contributed by atoms with van der Waals surface area (Å²) in [6.45, 7) is 5.50. The van der Waals surface area contributed by atoms with E-state index in [9.17, 15) is 14.4 Å². The van der Waals surface area contributed by atoms with Crippen LogP contribution in [-0.2, 0) is 0 Å². The normalized spacial score (nSPS) is 16.0. The number of hydrogen-bond acceptors (Lipinski definition) is 6. The predicted octanol–water partition coefficient (Wildman–Crippen LogP) is 3.74. The van der Waals surface area contributed by atoms with Crippen LogP contribution >= 0.6 is 0 Å². The van der Waals surface area contributed by atoms with Crippen LogP contribution in [0.4, 0.5) is 11.4 Å². The van der Waals surface area contributed by atoms with E-state index in [1.165, 1.54) is 0 Å². The van der Waals surface area contributed by atoms with Crippen LogP contribution in [0.2, 0.25) is 0 Å². The van der Waals surface area contributed by atoms with E-state index in [1.807, 2.05) is 52.3 Å². The number of anilines is 2. The number of methoxy groups -OCH3 is 1. The van der Waals surface area contributed by atoms with Gasteiger partial charge >= 0.3 is 0 Å². The summed E-state index contributed by atoms with van der Waals surface area (Å²) in [4.78, 5) is 45.9. The van der Waals surface area contributed by atoms with Gasteiger partial charge in [0.2, 0.25) is 0 Å². The van der Waals surface area contributed by atoms with Crippen LogP contribution in [0, 0.1) is 0 Å². The Kier molecular flexibility index (Phi) is 9.15. The van der Waals surface area contributed by atoms with E-state index >= 15 is 0 Å². The van der Waals surface area contributed by atoms with Crippen molar-refractivity contribution >= 4 is 29.1 Å². The lowest BCUT2D eigenvalue weighted by molar-refractivity contribution is 0.0759. The molecule has 0 bridgehead atoms. The van der Waals surface area contributed by atoms with Crippen molar-refractivity contribution in [3.8, 4) is 5.75 Å². The van der Waals surface area contributed by atoms with Crippen molar-refractivity contribution in [2.24, 2.45) is 0 Å². The van der Waals surface area contributed by atoms with Gasteiger partial charge in [-0.2, -0.15) is 0 Å². The SMILES string of the molecule is COc1cccc(C(=O)Nc2cc(C(=O)N3CCCNCC3)ccc2N2CCCN(C(=O)c3ccccc3)CC2)c1. The van der Waals surface area contributed by atoms with Gasteiger partial charge in [0.15, 0.2) is 0 Å². The van der Waals surface area contributed by atoms with Crippen LogP contribution in [0.15, 0.2) is 72.8 Å². The zero-order valence-corrected chi connectivity index (χ0v) is 23.5. The molecule has 2 fully saturated rings. The number of benzene rings is 3. The molecule has 0 unspecified atom stereocenters. The summed E-state index contributed by atoms with van der Waals surface area (Å²) in [7, 11) is 1.56. The second kappa shape index (κ2) is 13.3. The minimum atomic E-state index is -0.288. The second-order valence-electron chi connectivity index (χ2n) is 10.3. The van der Waals surface area contributed by atoms with Gasteiger partial charge in [0.05, 0.1) is 18.5 Å². The standard InChI is InChI=1S/C32H37N5O4/c1-41-27-11-5-10-25(22-27)30(38)34-28-23-26(32(40)36-16-6-14-33-15-19-36)12-13-29(28)35-17-7-18-37(21-20-35)31(39)24-8-3-2-4-9-24/h2-5,8-13,22-23,33H,6-7,14-21H2,1H3,(H,34,38). The molecule has 9 nitrogen and oxygen atoms in total. The fourth-order valence-electron chi connectivity index (χ4n) is 5.36. The summed E-state index contributed by atoms with van der Waals surface area (Å²) < 4.78 is 5.30. The smallest absolute Gasteiger partial charge is 0.255 e. The van der Waals surface area contributed by atoms with Crippen molar-refractivity contribution in [3.05, 3.63) is 89.5 Å². The van der Waals surface area contributed by atoms with E-state index < -0.39 is 0 Å². The first kappa shape index (κ1) is 28.2. The average molecular weight is 556 g/mol. The number of rotatable bonds is 6. The maximum absolute atomic E-state index is 13.5. The topological polar surface area (TPSA) is 94.2 Å². The minimum Gasteiger partial charge on any atom is -0.497 e. The third-order valence-electron chi connectivity index (χ3n) is 7.60. The zero-order chi connectivity index (χ0) is 28.6. The highest BCUT2D eigenvalue weighted by atomic mass is 16.5. The van der Waals surface area contributed by atoms with Gasteiger partial charge in [-0.1, -0.05) is 24.3 Å². The molecule has 0 saturated carbocycles. The van der Waals surface area contributed by atoms with Crippen molar-refractivity contribution in [2.45, 2.75) is 12.8 Å². The van der Waals surface area contributed by atoms with Crippen LogP contribution < -0.4 is 20.3 Å². The quantitative estimate of drug-likeness (QED) is 0.482. The van der Waals surface area contributed by atoms with Crippen molar-refractivity contribution in [1.29, 1.82) is 0 Å². The number of nitrogens with one attached hydrogen (secondary N) is 2. The maximum Gasteiger partial charge on any atom is 0.255 e. The first-order valence-electron chi connectivity index (χ1n) is 14.2. The number of hydrogen-bond donors (Lipinski definition) is 2. The summed E-state index contributed by atoms with van der Waals surface area (Å²) in [5, 5.41) is 6.40. The largest absolute Gasteiger partial charge is 0.497 e. The second-order valence-corrected chi connectivity index (χ2v) is 10.3. The number of ether oxygens (including phenoxy) is 1. The fourth-order valence-corrected chi connectivity index (χ4v) is 5.36. The van der Waals surface area contributed by atoms with E-state index in [4.69, 9.17) is 4.74 Å². The lowest BCUT2D eigenvalue weighted by Gasteiger charge is -2.27. The van der Waals surface area contributed by atoms with Gasteiger partial charge in [-0.3, -0.25) is 14.4 Å². The van der Waals surface area contributed by atoms with Gasteiger partial charge in [0, 0.05) is 62.5 Å². The van der Waals surface area contributed by atoms with Gasteiger partial charge in [-0.25, -0.2) is 0 Å². The third-order valence-corrected chi connectivity index (χ3v) is 7.60. The molecular weight excluding hydrogens is 518 g/mol. The molecule has 5 rings (SSSR count). The monoisotopic (exact) mass is 555 g/mol. The van der Waals surface area contributed by atoms with Crippen LogP contribution in [-0.4, -0.2) is 87.0 Å². The lowest BCUT2D eigenvalue weighted by Crippen LogP contribution is -2.35. The third kappa shape index (κ3) is 6.86. The van der Waals surface area contributed by atoms with Crippen LogP contribution in [0.25, 0.3) is 0 Å². The van der Waals surface area contributed by atoms with Crippen molar-refractivity contribution < 1.29 is 19.1 Å². The van der Waals surface area contributed by atoms with E-state index in [1.54, 1.807) is 37.4 Å². The molecule has 214 valence electrons. The Morgan fingerprint density at radius 2 is 1.46 bits per heavy atom. The molecule has 0 spiro atoms. The minimum absolute atomic E-state index is 0.0203. The molecule has 0 aromatic heterocycles. The van der Waals surface area contributed by atoms with Gasteiger partial charge in [-0.15, -0.1) is 0 Å². The number of nitrogens with zero attached hydrogens (tertiary/aromatic N) is 3. The predicted molar refractivity (Wildman–Crippen MR) is 160 cm³/mol. The van der Waals surface area contributed by atoms with Crippen LogP contribution in [0.5, 0.6) is 5.75 Å². The Morgan fingerprint density at radius 1 is 0.707 bits per heavy atom. The van der Waals surface area contributed by atoms with Gasteiger partial charge in [-0.05, 0) is 67.9 Å². The lowest BCUT2D eigenvalue weighted by atomic mass is 10.1. The molecular formula is C32H37N5O4. The van der Waals surface area contributed by atoms with Gasteiger partial charge in [0.1, 0.15) is 5.75 Å². The number of carbonyl (C=O) groups is 3. The Morgan fingerprint density at radius 3 is 2.29 bits per heavy atom. The molecule has 2 aliphatic heterocycles. The van der Waals surface area contributed by atoms with Crippen LogP contribution in [0.3, 0.4) is 0 Å². The average Bonchev–Trinajstić information content (AvgIpc) is 3.45. The first-order chi connectivity index (χ1) is 20.0. The fraction of sp³-hybridized carbons (Fsp3) is 0.344. The summed E-state index contributed by atoms with van der Waals surface area (Å²) in [5.74, 6) is 0.274. The van der Waals surface area contributed by atoms with Crippen molar-refractivity contribution in [3.63, 3.8) is 0 Å². The highest BCUT2D eigenvalue weighted by Crippen LogP contribution is 2.30. The van der Waals surface area contributed by atoms with E-state index in [2.05, 4.69) is 15.5 Å². The molecule has 2 saturated heterocycles. The van der Waals surface area contributed by atoms with E-state index in [0.29, 0.717) is 67.4 Å². The first-order valence-corrected chi connectivity index (χ1v) is 14.2. The number of carbonyl (C=O) groups excluding carboxylic acids is 3. The molecule has 2 heterocycles. The Hall–Kier alpha value is -4.37. The molecule has 41 heavy (non-hydrogen) atoms. The number of amides is 3. The summed E-state index contributed by atoms with van der Waals surface area (Å²) in [5.41, 5.74) is 3.07. The molecule has 0 aliphatic carbocycles. The summed E-state index contributed by atoms with van der Waals surface area (Å²) >= 11 is 0. The van der Waals surface area contributed by atoms with Crippen LogP contribution in [0.1, 0.15) is 43.9 Å². The van der Waals surface area contributed by atoms with E-state index in [0.717, 1.165) is 31.6 Å².